The van der Waals surface area contributed by atoms with E-state index in [9.17, 15) is 0 Å². The highest BCUT2D eigenvalue weighted by molar-refractivity contribution is 5.63. The second-order valence-electron chi connectivity index (χ2n) is 6.21. The van der Waals surface area contributed by atoms with Gasteiger partial charge < -0.3 is 4.98 Å². The van der Waals surface area contributed by atoms with Crippen LogP contribution in [0.2, 0.25) is 0 Å². The number of rotatable bonds is 2. The summed E-state index contributed by atoms with van der Waals surface area (Å²) in [6, 6.07) is 12.5. The molecule has 3 aromatic rings. The summed E-state index contributed by atoms with van der Waals surface area (Å²) in [5.41, 5.74) is 4.62. The van der Waals surface area contributed by atoms with Crippen LogP contribution in [-0.2, 0) is 5.41 Å². The fourth-order valence-corrected chi connectivity index (χ4v) is 2.26. The van der Waals surface area contributed by atoms with Crippen LogP contribution in [0.25, 0.3) is 22.6 Å². The highest BCUT2D eigenvalue weighted by Crippen LogP contribution is 2.26. The van der Waals surface area contributed by atoms with Crippen molar-refractivity contribution in [3.63, 3.8) is 0 Å². The first-order valence-electron chi connectivity index (χ1n) is 7.10. The molecule has 3 heteroatoms. The number of benzene rings is 1. The maximum Gasteiger partial charge on any atom is 0.137 e. The van der Waals surface area contributed by atoms with Crippen LogP contribution < -0.4 is 0 Å². The molecule has 0 fully saturated rings. The molecular formula is C18H19N3. The first kappa shape index (κ1) is 13.6. The van der Waals surface area contributed by atoms with Crippen molar-refractivity contribution >= 4 is 0 Å². The Hall–Kier alpha value is -2.42. The number of hydrogen-bond donors (Lipinski definition) is 1. The van der Waals surface area contributed by atoms with Gasteiger partial charge in [0.2, 0.25) is 0 Å². The molecule has 1 N–H and O–H groups in total. The molecule has 0 amide bonds. The van der Waals surface area contributed by atoms with E-state index >= 15 is 0 Å². The molecule has 0 saturated carbocycles. The molecule has 0 aliphatic carbocycles. The van der Waals surface area contributed by atoms with Gasteiger partial charge in [-0.15, -0.1) is 0 Å². The minimum absolute atomic E-state index is 0.169. The molecule has 0 aliphatic rings. The number of pyridine rings is 1. The van der Waals surface area contributed by atoms with Crippen molar-refractivity contribution in [2.75, 3.05) is 0 Å². The average molecular weight is 277 g/mol. The Balaban J connectivity index is 1.90. The van der Waals surface area contributed by atoms with Crippen LogP contribution in [-0.4, -0.2) is 15.0 Å². The van der Waals surface area contributed by atoms with E-state index in [2.05, 4.69) is 60.0 Å². The minimum Gasteiger partial charge on any atom is -0.338 e. The standard InChI is InChI=1S/C18H19N3/c1-18(2,3)15-8-6-13(7-9-15)17-20-12-16(21-17)14-5-4-10-19-11-14/h4-12H,1-3H3,(H,20,21). The lowest BCUT2D eigenvalue weighted by atomic mass is 9.87. The van der Waals surface area contributed by atoms with Crippen LogP contribution in [0.15, 0.2) is 55.0 Å². The summed E-state index contributed by atoms with van der Waals surface area (Å²) >= 11 is 0. The fraction of sp³-hybridized carbons (Fsp3) is 0.222. The summed E-state index contributed by atoms with van der Waals surface area (Å²) in [5, 5.41) is 0. The molecule has 3 nitrogen and oxygen atoms in total. The molecule has 1 aromatic carbocycles. The lowest BCUT2D eigenvalue weighted by Crippen LogP contribution is -2.10. The molecule has 0 aliphatic heterocycles. The van der Waals surface area contributed by atoms with Gasteiger partial charge in [0.1, 0.15) is 5.82 Å². The Morgan fingerprint density at radius 2 is 1.67 bits per heavy atom. The summed E-state index contributed by atoms with van der Waals surface area (Å²) in [6.07, 6.45) is 5.45. The van der Waals surface area contributed by atoms with E-state index in [1.54, 1.807) is 6.20 Å². The van der Waals surface area contributed by atoms with Crippen LogP contribution in [0.5, 0.6) is 0 Å². The predicted molar refractivity (Wildman–Crippen MR) is 86.0 cm³/mol. The summed E-state index contributed by atoms with van der Waals surface area (Å²) in [5.74, 6) is 0.884. The van der Waals surface area contributed by atoms with Gasteiger partial charge in [0.05, 0.1) is 11.9 Å². The molecule has 0 bridgehead atoms. The van der Waals surface area contributed by atoms with Gasteiger partial charge in [0, 0.05) is 23.5 Å². The van der Waals surface area contributed by atoms with Crippen molar-refractivity contribution in [2.24, 2.45) is 0 Å². The van der Waals surface area contributed by atoms with E-state index in [-0.39, 0.29) is 5.41 Å². The van der Waals surface area contributed by atoms with E-state index < -0.39 is 0 Å². The quantitative estimate of drug-likeness (QED) is 0.752. The van der Waals surface area contributed by atoms with Crippen molar-refractivity contribution in [1.29, 1.82) is 0 Å². The van der Waals surface area contributed by atoms with E-state index in [0.717, 1.165) is 22.6 Å². The van der Waals surface area contributed by atoms with E-state index in [4.69, 9.17) is 0 Å². The van der Waals surface area contributed by atoms with Gasteiger partial charge in [0.15, 0.2) is 0 Å². The molecule has 3 rings (SSSR count). The molecule has 0 atom stereocenters. The van der Waals surface area contributed by atoms with Crippen molar-refractivity contribution in [3.05, 3.63) is 60.6 Å². The summed E-state index contributed by atoms with van der Waals surface area (Å²) in [6.45, 7) is 6.65. The van der Waals surface area contributed by atoms with Gasteiger partial charge in [-0.1, -0.05) is 45.0 Å². The Morgan fingerprint density at radius 3 is 2.29 bits per heavy atom. The highest BCUT2D eigenvalue weighted by Gasteiger charge is 2.13. The van der Waals surface area contributed by atoms with Crippen LogP contribution in [0, 0.1) is 0 Å². The molecule has 0 unspecified atom stereocenters. The maximum absolute atomic E-state index is 4.47. The number of nitrogens with one attached hydrogen (secondary N) is 1. The topological polar surface area (TPSA) is 41.6 Å². The zero-order valence-corrected chi connectivity index (χ0v) is 12.6. The Bertz CT molecular complexity index is 719. The molecule has 2 aromatic heterocycles. The molecule has 0 radical (unpaired) electrons. The third kappa shape index (κ3) is 2.87. The van der Waals surface area contributed by atoms with Gasteiger partial charge in [0.25, 0.3) is 0 Å². The molecule has 21 heavy (non-hydrogen) atoms. The molecular weight excluding hydrogens is 258 g/mol. The second kappa shape index (κ2) is 5.17. The smallest absolute Gasteiger partial charge is 0.137 e. The zero-order valence-electron chi connectivity index (χ0n) is 12.6. The third-order valence-electron chi connectivity index (χ3n) is 3.57. The Kier molecular flexibility index (Phi) is 3.34. The van der Waals surface area contributed by atoms with Crippen molar-refractivity contribution in [3.8, 4) is 22.6 Å². The molecule has 106 valence electrons. The van der Waals surface area contributed by atoms with Crippen LogP contribution in [0.4, 0.5) is 0 Å². The van der Waals surface area contributed by atoms with Crippen LogP contribution in [0.3, 0.4) is 0 Å². The number of imidazole rings is 1. The first-order valence-corrected chi connectivity index (χ1v) is 7.10. The lowest BCUT2D eigenvalue weighted by Gasteiger charge is -2.18. The average Bonchev–Trinajstić information content (AvgIpc) is 2.97. The normalized spacial score (nSPS) is 11.6. The lowest BCUT2D eigenvalue weighted by molar-refractivity contribution is 0.590. The number of aromatic nitrogens is 3. The number of nitrogens with zero attached hydrogens (tertiary/aromatic N) is 2. The SMILES string of the molecule is CC(C)(C)c1ccc(-c2ncc(-c3cccnc3)[nH]2)cc1. The number of aromatic amines is 1. The second-order valence-corrected chi connectivity index (χ2v) is 6.21. The van der Waals surface area contributed by atoms with Gasteiger partial charge in [-0.25, -0.2) is 4.98 Å². The Labute approximate surface area is 125 Å². The first-order chi connectivity index (χ1) is 10.0. The largest absolute Gasteiger partial charge is 0.338 e. The van der Waals surface area contributed by atoms with Gasteiger partial charge in [-0.3, -0.25) is 4.98 Å². The summed E-state index contributed by atoms with van der Waals surface area (Å²) in [4.78, 5) is 12.0. The van der Waals surface area contributed by atoms with E-state index in [0.29, 0.717) is 0 Å². The molecule has 2 heterocycles. The molecule has 0 saturated heterocycles. The number of H-pyrrole nitrogens is 1. The van der Waals surface area contributed by atoms with Gasteiger partial charge in [-0.05, 0) is 23.1 Å². The Morgan fingerprint density at radius 1 is 0.905 bits per heavy atom. The van der Waals surface area contributed by atoms with E-state index in [1.165, 1.54) is 5.56 Å². The van der Waals surface area contributed by atoms with Gasteiger partial charge >= 0.3 is 0 Å². The van der Waals surface area contributed by atoms with E-state index in [1.807, 2.05) is 24.5 Å². The minimum atomic E-state index is 0.169. The predicted octanol–water partition coefficient (Wildman–Crippen LogP) is 4.44. The third-order valence-corrected chi connectivity index (χ3v) is 3.57. The van der Waals surface area contributed by atoms with Crippen LogP contribution in [0.1, 0.15) is 26.3 Å². The van der Waals surface area contributed by atoms with Gasteiger partial charge in [-0.2, -0.15) is 0 Å². The van der Waals surface area contributed by atoms with Crippen molar-refractivity contribution in [2.45, 2.75) is 26.2 Å². The van der Waals surface area contributed by atoms with Crippen molar-refractivity contribution in [1.82, 2.24) is 15.0 Å². The summed E-state index contributed by atoms with van der Waals surface area (Å²) in [7, 11) is 0. The molecule has 0 spiro atoms. The zero-order chi connectivity index (χ0) is 14.9. The fourth-order valence-electron chi connectivity index (χ4n) is 2.26. The highest BCUT2D eigenvalue weighted by atomic mass is 14.9. The van der Waals surface area contributed by atoms with Crippen LogP contribution >= 0.6 is 0 Å². The number of hydrogen-bond acceptors (Lipinski definition) is 2. The monoisotopic (exact) mass is 277 g/mol. The maximum atomic E-state index is 4.47. The van der Waals surface area contributed by atoms with Crippen molar-refractivity contribution < 1.29 is 0 Å². The summed E-state index contributed by atoms with van der Waals surface area (Å²) < 4.78 is 0.